The summed E-state index contributed by atoms with van der Waals surface area (Å²) in [5.74, 6) is -0.785. The second kappa shape index (κ2) is 8.95. The van der Waals surface area contributed by atoms with Crippen LogP contribution in [0.1, 0.15) is 39.3 Å². The number of aromatic nitrogens is 1. The summed E-state index contributed by atoms with van der Waals surface area (Å²) in [6.45, 7) is 0.985. The number of nitrogens with zero attached hydrogens (tertiary/aromatic N) is 2. The van der Waals surface area contributed by atoms with Crippen LogP contribution in [-0.4, -0.2) is 33.4 Å². The van der Waals surface area contributed by atoms with Crippen LogP contribution < -0.4 is 4.74 Å². The van der Waals surface area contributed by atoms with Crippen molar-refractivity contribution in [2.24, 2.45) is 5.92 Å². The number of aromatic carboxylic acids is 1. The fourth-order valence-corrected chi connectivity index (χ4v) is 3.19. The highest BCUT2D eigenvalue weighted by Gasteiger charge is 2.28. The summed E-state index contributed by atoms with van der Waals surface area (Å²) in [5, 5.41) is 9.05. The number of hydrogen-bond donors (Lipinski definition) is 1. The van der Waals surface area contributed by atoms with Crippen molar-refractivity contribution < 1.29 is 23.8 Å². The smallest absolute Gasteiger partial charge is 0.335 e. The van der Waals surface area contributed by atoms with E-state index in [1.807, 2.05) is 0 Å². The average Bonchev–Trinajstić information content (AvgIpc) is 3.59. The molecule has 1 aliphatic rings. The fourth-order valence-electron chi connectivity index (χ4n) is 3.19. The Balaban J connectivity index is 1.47. The van der Waals surface area contributed by atoms with Gasteiger partial charge in [0.05, 0.1) is 11.8 Å². The topological polar surface area (TPSA) is 79.7 Å². The Kier molecular flexibility index (Phi) is 5.93. The number of benzene rings is 2. The molecule has 1 amide bonds. The zero-order valence-electron chi connectivity index (χ0n) is 16.7. The van der Waals surface area contributed by atoms with Crippen LogP contribution in [0, 0.1) is 11.7 Å². The van der Waals surface area contributed by atoms with Crippen LogP contribution in [0.5, 0.6) is 11.5 Å². The molecule has 158 valence electrons. The molecule has 0 bridgehead atoms. The predicted octanol–water partition coefficient (Wildman–Crippen LogP) is 4.76. The van der Waals surface area contributed by atoms with Gasteiger partial charge in [-0.1, -0.05) is 24.3 Å². The first-order chi connectivity index (χ1) is 15.0. The summed E-state index contributed by atoms with van der Waals surface area (Å²) in [7, 11) is 0. The molecule has 4 rings (SSSR count). The number of halogens is 1. The van der Waals surface area contributed by atoms with Gasteiger partial charge in [-0.15, -0.1) is 0 Å². The Labute approximate surface area is 178 Å². The average molecular weight is 420 g/mol. The number of carboxylic acid groups (broad SMARTS) is 1. The SMILES string of the molecule is O=C(O)c1ccc(CN(CC2CC2)C(=O)c2ccc(Oc3ccccc3F)cn2)cc1. The molecule has 0 radical (unpaired) electrons. The maximum atomic E-state index is 13.8. The van der Waals surface area contributed by atoms with Gasteiger partial charge in [-0.2, -0.15) is 0 Å². The van der Waals surface area contributed by atoms with Crippen LogP contribution in [0.3, 0.4) is 0 Å². The highest BCUT2D eigenvalue weighted by molar-refractivity contribution is 5.92. The molecule has 31 heavy (non-hydrogen) atoms. The molecule has 6 nitrogen and oxygen atoms in total. The number of amides is 1. The summed E-state index contributed by atoms with van der Waals surface area (Å²) in [5.41, 5.74) is 1.32. The number of pyridine rings is 1. The Morgan fingerprint density at radius 3 is 2.42 bits per heavy atom. The molecule has 0 atom stereocenters. The van der Waals surface area contributed by atoms with Crippen LogP contribution in [0.4, 0.5) is 4.39 Å². The molecular weight excluding hydrogens is 399 g/mol. The van der Waals surface area contributed by atoms with E-state index in [1.165, 1.54) is 30.5 Å². The van der Waals surface area contributed by atoms with E-state index in [-0.39, 0.29) is 22.9 Å². The first-order valence-corrected chi connectivity index (χ1v) is 9.99. The van der Waals surface area contributed by atoms with E-state index in [0.29, 0.717) is 24.8 Å². The van der Waals surface area contributed by atoms with Crippen molar-refractivity contribution in [2.75, 3.05) is 6.54 Å². The van der Waals surface area contributed by atoms with Crippen molar-refractivity contribution in [1.29, 1.82) is 0 Å². The second-order valence-electron chi connectivity index (χ2n) is 7.54. The van der Waals surface area contributed by atoms with Gasteiger partial charge in [-0.3, -0.25) is 4.79 Å². The summed E-state index contributed by atoms with van der Waals surface area (Å²) < 4.78 is 19.2. The largest absolute Gasteiger partial charge is 0.478 e. The molecule has 1 heterocycles. The van der Waals surface area contributed by atoms with Gasteiger partial charge in [0.2, 0.25) is 0 Å². The quantitative estimate of drug-likeness (QED) is 0.568. The van der Waals surface area contributed by atoms with E-state index >= 15 is 0 Å². The first-order valence-electron chi connectivity index (χ1n) is 9.99. The maximum absolute atomic E-state index is 13.8. The van der Waals surface area contributed by atoms with Crippen molar-refractivity contribution >= 4 is 11.9 Å². The number of para-hydroxylation sites is 1. The number of rotatable bonds is 8. The first kappa shape index (κ1) is 20.5. The molecule has 0 unspecified atom stereocenters. The number of ether oxygens (including phenoxy) is 1. The molecule has 0 aliphatic heterocycles. The minimum Gasteiger partial charge on any atom is -0.478 e. The second-order valence-corrected chi connectivity index (χ2v) is 7.54. The van der Waals surface area contributed by atoms with E-state index < -0.39 is 11.8 Å². The van der Waals surface area contributed by atoms with Gasteiger partial charge in [-0.05, 0) is 60.7 Å². The molecule has 1 saturated carbocycles. The molecule has 3 aromatic rings. The minimum atomic E-state index is -0.987. The Bertz CT molecular complexity index is 1080. The van der Waals surface area contributed by atoms with Crippen molar-refractivity contribution in [3.63, 3.8) is 0 Å². The molecule has 1 N–H and O–H groups in total. The van der Waals surface area contributed by atoms with Gasteiger partial charge in [0.1, 0.15) is 11.4 Å². The summed E-state index contributed by atoms with van der Waals surface area (Å²) >= 11 is 0. The van der Waals surface area contributed by atoms with E-state index in [1.54, 1.807) is 41.3 Å². The van der Waals surface area contributed by atoms with E-state index in [2.05, 4.69) is 4.98 Å². The summed E-state index contributed by atoms with van der Waals surface area (Å²) in [4.78, 5) is 30.1. The molecule has 0 spiro atoms. The number of carbonyl (C=O) groups is 2. The Morgan fingerprint density at radius 1 is 1.06 bits per heavy atom. The Hall–Kier alpha value is -3.74. The molecule has 1 fully saturated rings. The molecule has 7 heteroatoms. The van der Waals surface area contributed by atoms with Crippen LogP contribution in [-0.2, 0) is 6.54 Å². The zero-order chi connectivity index (χ0) is 21.8. The lowest BCUT2D eigenvalue weighted by Gasteiger charge is -2.22. The number of carboxylic acids is 1. The van der Waals surface area contributed by atoms with Crippen molar-refractivity contribution in [1.82, 2.24) is 9.88 Å². The predicted molar refractivity (Wildman–Crippen MR) is 112 cm³/mol. The van der Waals surface area contributed by atoms with Gasteiger partial charge in [0.15, 0.2) is 11.6 Å². The van der Waals surface area contributed by atoms with Crippen LogP contribution in [0.15, 0.2) is 66.9 Å². The third-order valence-electron chi connectivity index (χ3n) is 5.06. The summed E-state index contributed by atoms with van der Waals surface area (Å²) in [6.07, 6.45) is 3.58. The lowest BCUT2D eigenvalue weighted by Crippen LogP contribution is -2.33. The third-order valence-corrected chi connectivity index (χ3v) is 5.06. The normalized spacial score (nSPS) is 12.9. The van der Waals surface area contributed by atoms with Gasteiger partial charge in [0.25, 0.3) is 5.91 Å². The maximum Gasteiger partial charge on any atom is 0.335 e. The standard InChI is InChI=1S/C24H21FN2O4/c25-20-3-1-2-4-22(20)31-19-11-12-21(26-13-19)23(28)27(14-16-5-6-16)15-17-7-9-18(10-8-17)24(29)30/h1-4,7-13,16H,5-6,14-15H2,(H,29,30). The van der Waals surface area contributed by atoms with Crippen molar-refractivity contribution in [3.05, 3.63) is 89.5 Å². The van der Waals surface area contributed by atoms with Crippen LogP contribution in [0.2, 0.25) is 0 Å². The highest BCUT2D eigenvalue weighted by atomic mass is 19.1. The molecule has 2 aromatic carbocycles. The molecule has 0 saturated heterocycles. The molecule has 1 aromatic heterocycles. The van der Waals surface area contributed by atoms with E-state index in [9.17, 15) is 14.0 Å². The lowest BCUT2D eigenvalue weighted by molar-refractivity contribution is 0.0693. The number of carbonyl (C=O) groups excluding carboxylic acids is 1. The summed E-state index contributed by atoms with van der Waals surface area (Å²) in [6, 6.07) is 15.7. The molecular formula is C24H21FN2O4. The highest BCUT2D eigenvalue weighted by Crippen LogP contribution is 2.31. The fraction of sp³-hybridized carbons (Fsp3) is 0.208. The van der Waals surface area contributed by atoms with Gasteiger partial charge >= 0.3 is 5.97 Å². The Morgan fingerprint density at radius 2 is 1.81 bits per heavy atom. The van der Waals surface area contributed by atoms with Crippen LogP contribution >= 0.6 is 0 Å². The van der Waals surface area contributed by atoms with Gasteiger partial charge in [-0.25, -0.2) is 14.2 Å². The lowest BCUT2D eigenvalue weighted by atomic mass is 10.1. The van der Waals surface area contributed by atoms with Crippen molar-refractivity contribution in [3.8, 4) is 11.5 Å². The minimum absolute atomic E-state index is 0.0866. The van der Waals surface area contributed by atoms with E-state index in [0.717, 1.165) is 18.4 Å². The van der Waals surface area contributed by atoms with E-state index in [4.69, 9.17) is 9.84 Å². The molecule has 1 aliphatic carbocycles. The van der Waals surface area contributed by atoms with Crippen LogP contribution in [0.25, 0.3) is 0 Å². The van der Waals surface area contributed by atoms with Gasteiger partial charge in [0, 0.05) is 13.1 Å². The zero-order valence-corrected chi connectivity index (χ0v) is 16.7. The van der Waals surface area contributed by atoms with Gasteiger partial charge < -0.3 is 14.7 Å². The van der Waals surface area contributed by atoms with Crippen molar-refractivity contribution in [2.45, 2.75) is 19.4 Å². The monoisotopic (exact) mass is 420 g/mol. The third kappa shape index (κ3) is 5.25. The number of hydrogen-bond acceptors (Lipinski definition) is 4.